The highest BCUT2D eigenvalue weighted by molar-refractivity contribution is 5.70. The predicted octanol–water partition coefficient (Wildman–Crippen LogP) is 2.81. The second-order valence-electron chi connectivity index (χ2n) is 4.51. The van der Waals surface area contributed by atoms with E-state index in [4.69, 9.17) is 4.74 Å². The number of rotatable bonds is 6. The van der Waals surface area contributed by atoms with Crippen LogP contribution in [-0.4, -0.2) is 24.7 Å². The van der Waals surface area contributed by atoms with Crippen molar-refractivity contribution in [1.29, 1.82) is 0 Å². The van der Waals surface area contributed by atoms with Crippen LogP contribution in [0.3, 0.4) is 0 Å². The first-order valence-electron chi connectivity index (χ1n) is 6.66. The van der Waals surface area contributed by atoms with E-state index in [1.165, 1.54) is 7.11 Å². The van der Waals surface area contributed by atoms with Crippen LogP contribution in [0.4, 0.5) is 5.69 Å². The van der Waals surface area contributed by atoms with Crippen LogP contribution in [0.2, 0.25) is 0 Å². The van der Waals surface area contributed by atoms with Gasteiger partial charge >= 0.3 is 5.97 Å². The molecule has 2 aromatic rings. The summed E-state index contributed by atoms with van der Waals surface area (Å²) in [5.41, 5.74) is 1.93. The van der Waals surface area contributed by atoms with Gasteiger partial charge in [0, 0.05) is 11.9 Å². The first-order chi connectivity index (χ1) is 10.2. The van der Waals surface area contributed by atoms with E-state index in [9.17, 15) is 4.79 Å². The highest BCUT2D eigenvalue weighted by atomic mass is 16.6. The fourth-order valence-corrected chi connectivity index (χ4v) is 1.80. The number of carbonyl (C=O) groups excluding carboxylic acids is 1. The zero-order valence-electron chi connectivity index (χ0n) is 12.1. The van der Waals surface area contributed by atoms with Crippen LogP contribution in [0.5, 0.6) is 5.75 Å². The Kier molecular flexibility index (Phi) is 5.15. The first kappa shape index (κ1) is 14.8. The van der Waals surface area contributed by atoms with E-state index >= 15 is 0 Å². The molecule has 1 N–H and O–H groups in total. The maximum absolute atomic E-state index is 11.0. The summed E-state index contributed by atoms with van der Waals surface area (Å²) in [6.07, 6.45) is 1.78. The summed E-state index contributed by atoms with van der Waals surface area (Å²) in [7, 11) is 1.33. The van der Waals surface area contributed by atoms with Gasteiger partial charge in [0.2, 0.25) is 0 Å². The number of hydrogen-bond acceptors (Lipinski definition) is 5. The smallest absolute Gasteiger partial charge is 0.343 e. The van der Waals surface area contributed by atoms with Gasteiger partial charge in [-0.05, 0) is 43.3 Å². The standard InChI is InChI=1S/C16H18N2O3/c1-12(15-5-3-4-10-17-15)18-13-6-8-14(9-7-13)21-11-16(19)20-2/h3-10,12,18H,11H2,1-2H3. The number of hydrogen-bond donors (Lipinski definition) is 1. The molecule has 0 fully saturated rings. The van der Waals surface area contributed by atoms with E-state index in [2.05, 4.69) is 15.0 Å². The average molecular weight is 286 g/mol. The summed E-state index contributed by atoms with van der Waals surface area (Å²) < 4.78 is 9.80. The van der Waals surface area contributed by atoms with Gasteiger partial charge in [-0.3, -0.25) is 4.98 Å². The number of pyridine rings is 1. The van der Waals surface area contributed by atoms with Crippen molar-refractivity contribution in [3.8, 4) is 5.75 Å². The summed E-state index contributed by atoms with van der Waals surface area (Å²) in [4.78, 5) is 15.3. The van der Waals surface area contributed by atoms with Crippen molar-refractivity contribution >= 4 is 11.7 Å². The molecule has 0 spiro atoms. The molecular weight excluding hydrogens is 268 g/mol. The summed E-state index contributed by atoms with van der Waals surface area (Å²) >= 11 is 0. The number of anilines is 1. The summed E-state index contributed by atoms with van der Waals surface area (Å²) in [6, 6.07) is 13.3. The minimum Gasteiger partial charge on any atom is -0.482 e. The van der Waals surface area contributed by atoms with Crippen molar-refractivity contribution < 1.29 is 14.3 Å². The van der Waals surface area contributed by atoms with E-state index in [0.29, 0.717) is 5.75 Å². The number of methoxy groups -OCH3 is 1. The van der Waals surface area contributed by atoms with Gasteiger partial charge in [0.1, 0.15) is 5.75 Å². The molecule has 0 amide bonds. The van der Waals surface area contributed by atoms with Crippen molar-refractivity contribution in [1.82, 2.24) is 4.98 Å². The normalized spacial score (nSPS) is 11.5. The fourth-order valence-electron chi connectivity index (χ4n) is 1.80. The highest BCUT2D eigenvalue weighted by Gasteiger charge is 2.06. The van der Waals surface area contributed by atoms with Gasteiger partial charge in [0.05, 0.1) is 18.8 Å². The van der Waals surface area contributed by atoms with Crippen molar-refractivity contribution in [2.45, 2.75) is 13.0 Å². The SMILES string of the molecule is COC(=O)COc1ccc(NC(C)c2ccccn2)cc1. The number of benzene rings is 1. The molecule has 0 aliphatic heterocycles. The molecule has 0 aliphatic rings. The van der Waals surface area contributed by atoms with Crippen LogP contribution in [0.15, 0.2) is 48.7 Å². The molecule has 0 saturated heterocycles. The lowest BCUT2D eigenvalue weighted by Gasteiger charge is -2.15. The molecule has 0 radical (unpaired) electrons. The average Bonchev–Trinajstić information content (AvgIpc) is 2.54. The van der Waals surface area contributed by atoms with Crippen LogP contribution < -0.4 is 10.1 Å². The van der Waals surface area contributed by atoms with E-state index in [0.717, 1.165) is 11.4 Å². The molecule has 1 unspecified atom stereocenters. The van der Waals surface area contributed by atoms with Gasteiger partial charge in [0.15, 0.2) is 6.61 Å². The van der Waals surface area contributed by atoms with Crippen LogP contribution in [0.1, 0.15) is 18.7 Å². The van der Waals surface area contributed by atoms with Crippen molar-refractivity contribution in [2.24, 2.45) is 0 Å². The zero-order chi connectivity index (χ0) is 15.1. The Balaban J connectivity index is 1.92. The highest BCUT2D eigenvalue weighted by Crippen LogP contribution is 2.20. The lowest BCUT2D eigenvalue weighted by molar-refractivity contribution is -0.142. The van der Waals surface area contributed by atoms with Gasteiger partial charge in [-0.2, -0.15) is 0 Å². The molecule has 0 aliphatic carbocycles. The molecule has 110 valence electrons. The molecule has 1 aromatic heterocycles. The molecule has 2 rings (SSSR count). The van der Waals surface area contributed by atoms with E-state index in [1.54, 1.807) is 18.3 Å². The number of aromatic nitrogens is 1. The maximum atomic E-state index is 11.0. The Bertz CT molecular complexity index is 570. The minimum atomic E-state index is -0.402. The lowest BCUT2D eigenvalue weighted by atomic mass is 10.2. The fraction of sp³-hybridized carbons (Fsp3) is 0.250. The second-order valence-corrected chi connectivity index (χ2v) is 4.51. The zero-order valence-corrected chi connectivity index (χ0v) is 12.1. The van der Waals surface area contributed by atoms with Crippen molar-refractivity contribution in [2.75, 3.05) is 19.0 Å². The van der Waals surface area contributed by atoms with E-state index < -0.39 is 5.97 Å². The Morgan fingerprint density at radius 2 is 2.00 bits per heavy atom. The third kappa shape index (κ3) is 4.49. The molecule has 21 heavy (non-hydrogen) atoms. The summed E-state index contributed by atoms with van der Waals surface area (Å²) in [5.74, 6) is 0.220. The second kappa shape index (κ2) is 7.28. The molecule has 5 heteroatoms. The Labute approximate surface area is 123 Å². The summed E-state index contributed by atoms with van der Waals surface area (Å²) in [6.45, 7) is 1.96. The molecule has 1 aromatic carbocycles. The third-order valence-electron chi connectivity index (χ3n) is 2.95. The summed E-state index contributed by atoms with van der Waals surface area (Å²) in [5, 5.41) is 3.35. The quantitative estimate of drug-likeness (QED) is 0.827. The lowest BCUT2D eigenvalue weighted by Crippen LogP contribution is -2.12. The Hall–Kier alpha value is -2.56. The monoisotopic (exact) mass is 286 g/mol. The van der Waals surface area contributed by atoms with Crippen molar-refractivity contribution in [3.05, 3.63) is 54.4 Å². The Morgan fingerprint density at radius 1 is 1.24 bits per heavy atom. The Morgan fingerprint density at radius 3 is 2.62 bits per heavy atom. The largest absolute Gasteiger partial charge is 0.482 e. The van der Waals surface area contributed by atoms with Gasteiger partial charge in [-0.1, -0.05) is 6.07 Å². The van der Waals surface area contributed by atoms with Gasteiger partial charge in [-0.15, -0.1) is 0 Å². The number of nitrogens with zero attached hydrogens (tertiary/aromatic N) is 1. The molecular formula is C16H18N2O3. The van der Waals surface area contributed by atoms with Gasteiger partial charge in [-0.25, -0.2) is 4.79 Å². The molecule has 5 nitrogen and oxygen atoms in total. The van der Waals surface area contributed by atoms with Crippen LogP contribution in [0.25, 0.3) is 0 Å². The van der Waals surface area contributed by atoms with Gasteiger partial charge in [0.25, 0.3) is 0 Å². The number of esters is 1. The van der Waals surface area contributed by atoms with E-state index in [-0.39, 0.29) is 12.6 Å². The number of nitrogens with one attached hydrogen (secondary N) is 1. The van der Waals surface area contributed by atoms with Crippen molar-refractivity contribution in [3.63, 3.8) is 0 Å². The van der Waals surface area contributed by atoms with E-state index in [1.807, 2.05) is 37.3 Å². The topological polar surface area (TPSA) is 60.5 Å². The minimum absolute atomic E-state index is 0.0897. The molecule has 0 bridgehead atoms. The van der Waals surface area contributed by atoms with Crippen LogP contribution in [-0.2, 0) is 9.53 Å². The molecule has 0 saturated carbocycles. The number of carbonyl (C=O) groups is 1. The molecule has 1 atom stereocenters. The number of ether oxygens (including phenoxy) is 2. The van der Waals surface area contributed by atoms with Crippen LogP contribution >= 0.6 is 0 Å². The molecule has 1 heterocycles. The van der Waals surface area contributed by atoms with Gasteiger partial charge < -0.3 is 14.8 Å². The predicted molar refractivity (Wildman–Crippen MR) is 80.2 cm³/mol. The third-order valence-corrected chi connectivity index (χ3v) is 2.95. The first-order valence-corrected chi connectivity index (χ1v) is 6.66. The maximum Gasteiger partial charge on any atom is 0.343 e. The van der Waals surface area contributed by atoms with Crippen LogP contribution in [0, 0.1) is 0 Å².